The molecule has 1 N–H and O–H groups in total. The number of hydrogen-bond donors (Lipinski definition) is 1. The molecule has 5 nitrogen and oxygen atoms in total. The van der Waals surface area contributed by atoms with Gasteiger partial charge in [-0.2, -0.15) is 0 Å². The van der Waals surface area contributed by atoms with Gasteiger partial charge in [0.15, 0.2) is 0 Å². The van der Waals surface area contributed by atoms with Gasteiger partial charge < -0.3 is 14.5 Å². The van der Waals surface area contributed by atoms with Crippen LogP contribution in [-0.4, -0.2) is 13.0 Å². The Hall–Kier alpha value is -2.56. The molecule has 0 saturated carbocycles. The third-order valence-electron chi connectivity index (χ3n) is 2.60. The SMILES string of the molecule is COc1ccccc1CNC(=O)c1ccc(=O)oc1. The summed E-state index contributed by atoms with van der Waals surface area (Å²) in [7, 11) is 1.58. The zero-order valence-electron chi connectivity index (χ0n) is 10.4. The topological polar surface area (TPSA) is 68.5 Å². The van der Waals surface area contributed by atoms with E-state index in [9.17, 15) is 9.59 Å². The van der Waals surface area contributed by atoms with Crippen LogP contribution in [0.4, 0.5) is 0 Å². The number of carbonyl (C=O) groups excluding carboxylic acids is 1. The van der Waals surface area contributed by atoms with Gasteiger partial charge >= 0.3 is 5.63 Å². The minimum atomic E-state index is -0.485. The third kappa shape index (κ3) is 3.22. The Labute approximate surface area is 109 Å². The van der Waals surface area contributed by atoms with Crippen molar-refractivity contribution < 1.29 is 13.9 Å². The second-order valence-electron chi connectivity index (χ2n) is 3.84. The van der Waals surface area contributed by atoms with Crippen molar-refractivity contribution in [3.63, 3.8) is 0 Å². The predicted molar refractivity (Wildman–Crippen MR) is 69.1 cm³/mol. The molecule has 2 aromatic rings. The van der Waals surface area contributed by atoms with Crippen molar-refractivity contribution in [2.45, 2.75) is 6.54 Å². The fraction of sp³-hybridized carbons (Fsp3) is 0.143. The number of nitrogens with one attached hydrogen (secondary N) is 1. The Kier molecular flexibility index (Phi) is 3.97. The van der Waals surface area contributed by atoms with E-state index >= 15 is 0 Å². The maximum Gasteiger partial charge on any atom is 0.335 e. The van der Waals surface area contributed by atoms with Crippen LogP contribution >= 0.6 is 0 Å². The molecule has 1 aromatic heterocycles. The first-order chi connectivity index (χ1) is 9.20. The molecule has 98 valence electrons. The summed E-state index contributed by atoms with van der Waals surface area (Å²) in [6.07, 6.45) is 1.14. The van der Waals surface area contributed by atoms with E-state index in [0.29, 0.717) is 17.9 Å². The van der Waals surface area contributed by atoms with Crippen LogP contribution < -0.4 is 15.7 Å². The number of para-hydroxylation sites is 1. The fourth-order valence-corrected chi connectivity index (χ4v) is 1.61. The van der Waals surface area contributed by atoms with Gasteiger partial charge in [-0.25, -0.2) is 4.79 Å². The van der Waals surface area contributed by atoms with Gasteiger partial charge in [-0.3, -0.25) is 4.79 Å². The quantitative estimate of drug-likeness (QED) is 0.905. The van der Waals surface area contributed by atoms with Crippen LogP contribution in [0.25, 0.3) is 0 Å². The summed E-state index contributed by atoms with van der Waals surface area (Å²) in [6.45, 7) is 0.335. The van der Waals surface area contributed by atoms with Gasteiger partial charge in [-0.1, -0.05) is 18.2 Å². The van der Waals surface area contributed by atoms with E-state index in [4.69, 9.17) is 4.74 Å². The first-order valence-corrected chi connectivity index (χ1v) is 5.69. The van der Waals surface area contributed by atoms with Crippen molar-refractivity contribution in [1.82, 2.24) is 5.32 Å². The molecule has 0 aliphatic rings. The number of ether oxygens (including phenoxy) is 1. The maximum atomic E-state index is 11.8. The molecule has 0 bridgehead atoms. The summed E-state index contributed by atoms with van der Waals surface area (Å²) in [5.41, 5.74) is 0.687. The van der Waals surface area contributed by atoms with Crippen molar-refractivity contribution in [2.24, 2.45) is 0 Å². The average Bonchev–Trinajstić information content (AvgIpc) is 2.45. The van der Waals surface area contributed by atoms with Crippen LogP contribution in [0.1, 0.15) is 15.9 Å². The summed E-state index contributed by atoms with van der Waals surface area (Å²) in [4.78, 5) is 22.6. The van der Waals surface area contributed by atoms with Crippen molar-refractivity contribution in [1.29, 1.82) is 0 Å². The lowest BCUT2D eigenvalue weighted by molar-refractivity contribution is 0.0948. The van der Waals surface area contributed by atoms with Crippen molar-refractivity contribution >= 4 is 5.91 Å². The monoisotopic (exact) mass is 259 g/mol. The molecule has 1 heterocycles. The summed E-state index contributed by atoms with van der Waals surface area (Å²) in [5.74, 6) is 0.400. The van der Waals surface area contributed by atoms with Gasteiger partial charge in [-0.15, -0.1) is 0 Å². The molecule has 1 aromatic carbocycles. The molecule has 0 aliphatic carbocycles. The summed E-state index contributed by atoms with van der Waals surface area (Å²) in [5, 5.41) is 2.73. The minimum absolute atomic E-state index is 0.300. The smallest absolute Gasteiger partial charge is 0.335 e. The molecule has 0 unspecified atom stereocenters. The average molecular weight is 259 g/mol. The van der Waals surface area contributed by atoms with E-state index in [-0.39, 0.29) is 5.91 Å². The molecule has 0 fully saturated rings. The van der Waals surface area contributed by atoms with E-state index in [2.05, 4.69) is 9.73 Å². The third-order valence-corrected chi connectivity index (χ3v) is 2.60. The highest BCUT2D eigenvalue weighted by atomic mass is 16.5. The maximum absolute atomic E-state index is 11.8. The lowest BCUT2D eigenvalue weighted by Crippen LogP contribution is -2.23. The van der Waals surface area contributed by atoms with Crippen LogP contribution in [-0.2, 0) is 6.54 Å². The van der Waals surface area contributed by atoms with Crippen LogP contribution in [0.3, 0.4) is 0 Å². The van der Waals surface area contributed by atoms with E-state index in [1.54, 1.807) is 7.11 Å². The number of benzene rings is 1. The zero-order chi connectivity index (χ0) is 13.7. The summed E-state index contributed by atoms with van der Waals surface area (Å²) < 4.78 is 9.82. The number of carbonyl (C=O) groups is 1. The predicted octanol–water partition coefficient (Wildman–Crippen LogP) is 1.58. The van der Waals surface area contributed by atoms with E-state index < -0.39 is 5.63 Å². The molecular weight excluding hydrogens is 246 g/mol. The Morgan fingerprint density at radius 3 is 2.74 bits per heavy atom. The highest BCUT2D eigenvalue weighted by Crippen LogP contribution is 2.16. The van der Waals surface area contributed by atoms with Gasteiger partial charge in [0, 0.05) is 18.2 Å². The zero-order valence-corrected chi connectivity index (χ0v) is 10.4. The van der Waals surface area contributed by atoms with Crippen LogP contribution in [0, 0.1) is 0 Å². The molecule has 0 spiro atoms. The van der Waals surface area contributed by atoms with Crippen molar-refractivity contribution in [3.05, 3.63) is 64.2 Å². The molecule has 19 heavy (non-hydrogen) atoms. The molecule has 5 heteroatoms. The molecule has 2 rings (SSSR count). The second kappa shape index (κ2) is 5.86. The van der Waals surface area contributed by atoms with Gasteiger partial charge in [0.1, 0.15) is 12.0 Å². The Bertz CT molecular complexity index is 613. The molecule has 1 amide bonds. The van der Waals surface area contributed by atoms with Gasteiger partial charge in [-0.05, 0) is 12.1 Å². The first-order valence-electron chi connectivity index (χ1n) is 5.69. The fourth-order valence-electron chi connectivity index (χ4n) is 1.61. The molecule has 0 atom stereocenters. The van der Waals surface area contributed by atoms with Gasteiger partial charge in [0.2, 0.25) is 0 Å². The molecule has 0 saturated heterocycles. The minimum Gasteiger partial charge on any atom is -0.496 e. The van der Waals surface area contributed by atoms with E-state index in [1.165, 1.54) is 12.1 Å². The largest absolute Gasteiger partial charge is 0.496 e. The lowest BCUT2D eigenvalue weighted by atomic mass is 10.2. The lowest BCUT2D eigenvalue weighted by Gasteiger charge is -2.09. The standard InChI is InChI=1S/C14H13NO4/c1-18-12-5-3-2-4-10(12)8-15-14(17)11-6-7-13(16)19-9-11/h2-7,9H,8H2,1H3,(H,15,17). The van der Waals surface area contributed by atoms with Crippen LogP contribution in [0.5, 0.6) is 5.75 Å². The summed E-state index contributed by atoms with van der Waals surface area (Å²) >= 11 is 0. The highest BCUT2D eigenvalue weighted by molar-refractivity contribution is 5.93. The molecule has 0 radical (unpaired) electrons. The molecular formula is C14H13NO4. The summed E-state index contributed by atoms with van der Waals surface area (Å²) in [6, 6.07) is 10.0. The Balaban J connectivity index is 2.04. The van der Waals surface area contributed by atoms with Gasteiger partial charge in [0.05, 0.1) is 12.7 Å². The van der Waals surface area contributed by atoms with Crippen LogP contribution in [0.2, 0.25) is 0 Å². The number of methoxy groups -OCH3 is 1. The van der Waals surface area contributed by atoms with Crippen molar-refractivity contribution in [3.8, 4) is 5.75 Å². The van der Waals surface area contributed by atoms with E-state index in [1.807, 2.05) is 24.3 Å². The highest BCUT2D eigenvalue weighted by Gasteiger charge is 2.07. The van der Waals surface area contributed by atoms with Gasteiger partial charge in [0.25, 0.3) is 5.91 Å². The first kappa shape index (κ1) is 12.9. The second-order valence-corrected chi connectivity index (χ2v) is 3.84. The van der Waals surface area contributed by atoms with Crippen molar-refractivity contribution in [2.75, 3.05) is 7.11 Å². The number of amides is 1. The number of hydrogen-bond acceptors (Lipinski definition) is 4. The number of rotatable bonds is 4. The Morgan fingerprint density at radius 2 is 2.05 bits per heavy atom. The van der Waals surface area contributed by atoms with E-state index in [0.717, 1.165) is 11.8 Å². The van der Waals surface area contributed by atoms with Crippen LogP contribution in [0.15, 0.2) is 51.9 Å². The Morgan fingerprint density at radius 1 is 1.26 bits per heavy atom. The normalized spacial score (nSPS) is 9.95. The molecule has 0 aliphatic heterocycles.